The van der Waals surface area contributed by atoms with Crippen LogP contribution in [0.2, 0.25) is 0 Å². The monoisotopic (exact) mass is 388 g/mol. The number of rotatable bonds is 5. The lowest BCUT2D eigenvalue weighted by atomic mass is 10.1. The van der Waals surface area contributed by atoms with Gasteiger partial charge in [-0.3, -0.25) is 4.98 Å². The summed E-state index contributed by atoms with van der Waals surface area (Å²) in [7, 11) is 2.58. The number of fused-ring (bicyclic) bond motifs is 1. The maximum absolute atomic E-state index is 12.1. The van der Waals surface area contributed by atoms with Gasteiger partial charge in [0, 0.05) is 27.8 Å². The van der Waals surface area contributed by atoms with E-state index in [4.69, 9.17) is 15.2 Å². The van der Waals surface area contributed by atoms with Crippen LogP contribution in [0.25, 0.3) is 10.9 Å². The summed E-state index contributed by atoms with van der Waals surface area (Å²) < 4.78 is 9.65. The van der Waals surface area contributed by atoms with Crippen LogP contribution in [-0.4, -0.2) is 31.1 Å². The molecule has 8 heteroatoms. The van der Waals surface area contributed by atoms with Crippen molar-refractivity contribution in [1.82, 2.24) is 4.98 Å². The number of ether oxygens (including phenoxy) is 2. The SMILES string of the molecule is COC(=O)c1sc(N)c(C(=O)OC)c1CSc1ccnc2ccccc12. The predicted molar refractivity (Wildman–Crippen MR) is 103 cm³/mol. The smallest absolute Gasteiger partial charge is 0.348 e. The molecule has 2 N–H and O–H groups in total. The van der Waals surface area contributed by atoms with Crippen molar-refractivity contribution in [2.75, 3.05) is 20.0 Å². The van der Waals surface area contributed by atoms with Crippen molar-refractivity contribution in [2.45, 2.75) is 10.6 Å². The first-order valence-corrected chi connectivity index (χ1v) is 9.41. The van der Waals surface area contributed by atoms with Gasteiger partial charge in [-0.1, -0.05) is 18.2 Å². The first-order valence-electron chi connectivity index (χ1n) is 7.61. The minimum Gasteiger partial charge on any atom is -0.465 e. The number of methoxy groups -OCH3 is 2. The van der Waals surface area contributed by atoms with Crippen molar-refractivity contribution in [2.24, 2.45) is 0 Å². The topological polar surface area (TPSA) is 91.5 Å². The number of benzene rings is 1. The molecule has 2 heterocycles. The lowest BCUT2D eigenvalue weighted by Crippen LogP contribution is -2.08. The van der Waals surface area contributed by atoms with E-state index in [1.807, 2.05) is 30.3 Å². The number of aromatic nitrogens is 1. The summed E-state index contributed by atoms with van der Waals surface area (Å²) in [5.41, 5.74) is 7.59. The van der Waals surface area contributed by atoms with Crippen molar-refractivity contribution >= 4 is 50.9 Å². The number of nitrogens with zero attached hydrogens (tertiary/aromatic N) is 1. The zero-order valence-corrected chi connectivity index (χ0v) is 15.8. The standard InChI is InChI=1S/C18H16N2O4S2/c1-23-17(21)14-11(15(18(22)24-2)26-16(14)19)9-25-13-7-8-20-12-6-4-3-5-10(12)13/h3-8H,9,19H2,1-2H3. The minimum atomic E-state index is -0.566. The number of hydrogen-bond donors (Lipinski definition) is 1. The average Bonchev–Trinajstić information content (AvgIpc) is 3.01. The summed E-state index contributed by atoms with van der Waals surface area (Å²) in [6.45, 7) is 0. The Morgan fingerprint density at radius 3 is 2.62 bits per heavy atom. The van der Waals surface area contributed by atoms with Crippen molar-refractivity contribution in [3.63, 3.8) is 0 Å². The van der Waals surface area contributed by atoms with Crippen LogP contribution in [0.4, 0.5) is 5.00 Å². The molecule has 0 aliphatic carbocycles. The van der Waals surface area contributed by atoms with Crippen LogP contribution in [0.3, 0.4) is 0 Å². The molecule has 0 bridgehead atoms. The van der Waals surface area contributed by atoms with Crippen molar-refractivity contribution in [3.05, 3.63) is 52.5 Å². The Kier molecular flexibility index (Phi) is 5.43. The molecule has 0 atom stereocenters. The van der Waals surface area contributed by atoms with Crippen molar-refractivity contribution < 1.29 is 19.1 Å². The molecule has 3 rings (SSSR count). The molecular formula is C18H16N2O4S2. The molecule has 6 nitrogen and oxygen atoms in total. The van der Waals surface area contributed by atoms with E-state index in [1.54, 1.807) is 6.20 Å². The summed E-state index contributed by atoms with van der Waals surface area (Å²) in [5.74, 6) is -0.715. The van der Waals surface area contributed by atoms with E-state index in [2.05, 4.69) is 4.98 Å². The highest BCUT2D eigenvalue weighted by Gasteiger charge is 2.27. The Morgan fingerprint density at radius 1 is 1.15 bits per heavy atom. The summed E-state index contributed by atoms with van der Waals surface area (Å²) in [4.78, 5) is 29.9. The number of nitrogens with two attached hydrogens (primary N) is 1. The highest BCUT2D eigenvalue weighted by Crippen LogP contribution is 2.37. The summed E-state index contributed by atoms with van der Waals surface area (Å²) >= 11 is 2.53. The first kappa shape index (κ1) is 18.2. The van der Waals surface area contributed by atoms with Gasteiger partial charge >= 0.3 is 11.9 Å². The van der Waals surface area contributed by atoms with Crippen LogP contribution in [0.1, 0.15) is 25.6 Å². The Balaban J connectivity index is 2.00. The lowest BCUT2D eigenvalue weighted by Gasteiger charge is -2.08. The van der Waals surface area contributed by atoms with Gasteiger partial charge in [0.1, 0.15) is 9.88 Å². The molecule has 0 spiro atoms. The number of nitrogen functional groups attached to an aromatic ring is 1. The van der Waals surface area contributed by atoms with Crippen LogP contribution in [0.5, 0.6) is 0 Å². The number of pyridine rings is 1. The van der Waals surface area contributed by atoms with E-state index >= 15 is 0 Å². The molecule has 0 unspecified atom stereocenters. The van der Waals surface area contributed by atoms with Gasteiger partial charge in [-0.15, -0.1) is 23.1 Å². The van der Waals surface area contributed by atoms with Crippen LogP contribution in [-0.2, 0) is 15.2 Å². The molecule has 0 saturated heterocycles. The van der Waals surface area contributed by atoms with Crippen molar-refractivity contribution in [3.8, 4) is 0 Å². The number of carbonyl (C=O) groups is 2. The van der Waals surface area contributed by atoms with E-state index in [0.29, 0.717) is 16.2 Å². The minimum absolute atomic E-state index is 0.226. The van der Waals surface area contributed by atoms with Gasteiger partial charge in [0.25, 0.3) is 0 Å². The first-order chi connectivity index (χ1) is 12.6. The second-order valence-corrected chi connectivity index (χ2v) is 7.32. The van der Waals surface area contributed by atoms with Gasteiger partial charge in [0.05, 0.1) is 25.3 Å². The Hall–Kier alpha value is -2.58. The Morgan fingerprint density at radius 2 is 1.88 bits per heavy atom. The third-order valence-corrected chi connectivity index (χ3v) is 5.92. The van der Waals surface area contributed by atoms with E-state index in [-0.39, 0.29) is 10.6 Å². The maximum atomic E-state index is 12.1. The van der Waals surface area contributed by atoms with Gasteiger partial charge in [-0.2, -0.15) is 0 Å². The second-order valence-electron chi connectivity index (χ2n) is 5.25. The van der Waals surface area contributed by atoms with Crippen LogP contribution in [0.15, 0.2) is 41.4 Å². The van der Waals surface area contributed by atoms with Gasteiger partial charge in [-0.05, 0) is 12.1 Å². The number of para-hydroxylation sites is 1. The molecule has 0 aliphatic heterocycles. The number of carbonyl (C=O) groups excluding carboxylic acids is 2. The third kappa shape index (κ3) is 3.38. The molecule has 0 saturated carbocycles. The quantitative estimate of drug-likeness (QED) is 0.526. The molecule has 0 aliphatic rings. The predicted octanol–water partition coefficient (Wildman–Crippen LogP) is 3.74. The van der Waals surface area contributed by atoms with Crippen LogP contribution >= 0.6 is 23.1 Å². The largest absolute Gasteiger partial charge is 0.465 e. The number of thioether (sulfide) groups is 1. The summed E-state index contributed by atoms with van der Waals surface area (Å²) in [6.07, 6.45) is 1.73. The number of anilines is 1. The fourth-order valence-electron chi connectivity index (χ4n) is 2.55. The van der Waals surface area contributed by atoms with Gasteiger partial charge < -0.3 is 15.2 Å². The number of hydrogen-bond acceptors (Lipinski definition) is 8. The second kappa shape index (κ2) is 7.76. The highest BCUT2D eigenvalue weighted by atomic mass is 32.2. The van der Waals surface area contributed by atoms with Gasteiger partial charge in [-0.25, -0.2) is 9.59 Å². The third-order valence-electron chi connectivity index (χ3n) is 3.78. The molecular weight excluding hydrogens is 372 g/mol. The molecule has 3 aromatic rings. The van der Waals surface area contributed by atoms with Gasteiger partial charge in [0.15, 0.2) is 0 Å². The molecule has 134 valence electrons. The van der Waals surface area contributed by atoms with E-state index < -0.39 is 11.9 Å². The Labute approximate surface area is 158 Å². The highest BCUT2D eigenvalue weighted by molar-refractivity contribution is 7.98. The normalized spacial score (nSPS) is 10.7. The molecule has 26 heavy (non-hydrogen) atoms. The summed E-state index contributed by atoms with van der Waals surface area (Å²) in [5, 5.41) is 1.25. The summed E-state index contributed by atoms with van der Waals surface area (Å²) in [6, 6.07) is 9.68. The fourth-order valence-corrected chi connectivity index (χ4v) is 4.71. The van der Waals surface area contributed by atoms with Crippen molar-refractivity contribution in [1.29, 1.82) is 0 Å². The lowest BCUT2D eigenvalue weighted by molar-refractivity contribution is 0.0601. The fraction of sp³-hybridized carbons (Fsp3) is 0.167. The maximum Gasteiger partial charge on any atom is 0.348 e. The van der Waals surface area contributed by atoms with Crippen LogP contribution in [0, 0.1) is 0 Å². The van der Waals surface area contributed by atoms with Gasteiger partial charge in [0.2, 0.25) is 0 Å². The zero-order valence-electron chi connectivity index (χ0n) is 14.1. The van der Waals surface area contributed by atoms with E-state index in [0.717, 1.165) is 27.1 Å². The molecule has 0 radical (unpaired) electrons. The van der Waals surface area contributed by atoms with Crippen LogP contribution < -0.4 is 5.73 Å². The van der Waals surface area contributed by atoms with E-state index in [1.165, 1.54) is 26.0 Å². The molecule has 0 fully saturated rings. The average molecular weight is 388 g/mol. The van der Waals surface area contributed by atoms with E-state index in [9.17, 15) is 9.59 Å². The Bertz CT molecular complexity index is 979. The zero-order chi connectivity index (χ0) is 18.7. The molecule has 1 aromatic carbocycles. The molecule has 2 aromatic heterocycles. The molecule has 0 amide bonds. The number of thiophene rings is 1. The number of esters is 2.